The number of imidazole rings is 1. The summed E-state index contributed by atoms with van der Waals surface area (Å²) in [5.41, 5.74) is 0.113. The molecule has 2 rings (SSSR count). The third-order valence-electron chi connectivity index (χ3n) is 1.81. The first-order chi connectivity index (χ1) is 7.77. The lowest BCUT2D eigenvalue weighted by atomic mass is 10.3. The molecule has 0 aliphatic carbocycles. The summed E-state index contributed by atoms with van der Waals surface area (Å²) in [6, 6.07) is 6.12. The van der Waals surface area contributed by atoms with Crippen LogP contribution in [0.4, 0.5) is 17.3 Å². The van der Waals surface area contributed by atoms with Crippen LogP contribution >= 0.6 is 0 Å². The minimum absolute atomic E-state index is 0.0854. The maximum absolute atomic E-state index is 10.7. The highest BCUT2D eigenvalue weighted by Gasteiger charge is 2.11. The molecule has 0 unspecified atom stereocenters. The third kappa shape index (κ3) is 2.08. The predicted molar refractivity (Wildman–Crippen MR) is 55.9 cm³/mol. The quantitative estimate of drug-likeness (QED) is 0.486. The molecule has 1 aromatic heterocycles. The first kappa shape index (κ1) is 9.97. The minimum atomic E-state index is -0.503. The first-order valence-corrected chi connectivity index (χ1v) is 4.42. The van der Waals surface area contributed by atoms with E-state index in [9.17, 15) is 10.1 Å². The van der Waals surface area contributed by atoms with Gasteiger partial charge in [-0.25, -0.2) is 4.98 Å². The van der Waals surface area contributed by atoms with E-state index in [1.54, 1.807) is 18.3 Å². The summed E-state index contributed by atoms with van der Waals surface area (Å²) in [5, 5.41) is 18.2. The molecule has 0 saturated heterocycles. The van der Waals surface area contributed by atoms with E-state index in [2.05, 4.69) is 20.2 Å². The number of nitrogens with one attached hydrogen (secondary N) is 1. The zero-order chi connectivity index (χ0) is 11.4. The molecule has 7 heteroatoms. The van der Waals surface area contributed by atoms with Gasteiger partial charge in [0.25, 0.3) is 5.69 Å². The topological polar surface area (TPSA) is 96.5 Å². The van der Waals surface area contributed by atoms with Crippen LogP contribution in [0, 0.1) is 10.1 Å². The maximum Gasteiger partial charge on any atom is 0.296 e. The van der Waals surface area contributed by atoms with E-state index in [0.29, 0.717) is 5.95 Å². The lowest BCUT2D eigenvalue weighted by molar-refractivity contribution is -0.384. The molecule has 7 nitrogen and oxygen atoms in total. The summed E-state index contributed by atoms with van der Waals surface area (Å²) in [6.45, 7) is 0. The van der Waals surface area contributed by atoms with Crippen molar-refractivity contribution in [1.29, 1.82) is 0 Å². The standard InChI is InChI=1S/C9H7N5O2/c15-14(16)8-4-2-1-3-7(8)12-13-9-10-5-6-11-9/h1-6H,(H,10,11). The molecule has 80 valence electrons. The summed E-state index contributed by atoms with van der Waals surface area (Å²) in [7, 11) is 0. The summed E-state index contributed by atoms with van der Waals surface area (Å²) in [5.74, 6) is 0.304. The van der Waals surface area contributed by atoms with Crippen LogP contribution in [0.15, 0.2) is 46.9 Å². The number of rotatable bonds is 3. The predicted octanol–water partition coefficient (Wildman–Crippen LogP) is 2.73. The van der Waals surface area contributed by atoms with Gasteiger partial charge in [-0.15, -0.1) is 10.2 Å². The molecule has 1 heterocycles. The highest BCUT2D eigenvalue weighted by Crippen LogP contribution is 2.27. The number of hydrogen-bond acceptors (Lipinski definition) is 5. The van der Waals surface area contributed by atoms with Crippen molar-refractivity contribution in [1.82, 2.24) is 9.97 Å². The van der Waals surface area contributed by atoms with Crippen LogP contribution in [0.1, 0.15) is 0 Å². The largest absolute Gasteiger partial charge is 0.328 e. The minimum Gasteiger partial charge on any atom is -0.328 e. The Morgan fingerprint density at radius 3 is 2.81 bits per heavy atom. The van der Waals surface area contributed by atoms with Crippen molar-refractivity contribution in [2.24, 2.45) is 10.2 Å². The van der Waals surface area contributed by atoms with E-state index in [1.165, 1.54) is 18.3 Å². The molecule has 1 aromatic carbocycles. The molecule has 2 aromatic rings. The van der Waals surface area contributed by atoms with Gasteiger partial charge in [0.1, 0.15) is 0 Å². The van der Waals surface area contributed by atoms with Crippen molar-refractivity contribution < 1.29 is 4.92 Å². The summed E-state index contributed by atoms with van der Waals surface area (Å²) in [4.78, 5) is 16.7. The molecule has 0 aliphatic heterocycles. The summed E-state index contributed by atoms with van der Waals surface area (Å²) < 4.78 is 0. The van der Waals surface area contributed by atoms with Gasteiger partial charge < -0.3 is 4.98 Å². The smallest absolute Gasteiger partial charge is 0.296 e. The molecular formula is C9H7N5O2. The average Bonchev–Trinajstić information content (AvgIpc) is 2.79. The van der Waals surface area contributed by atoms with Crippen LogP contribution in [0.2, 0.25) is 0 Å². The van der Waals surface area contributed by atoms with Crippen LogP contribution in [0.5, 0.6) is 0 Å². The van der Waals surface area contributed by atoms with E-state index < -0.39 is 4.92 Å². The summed E-state index contributed by atoms with van der Waals surface area (Å²) in [6.07, 6.45) is 3.11. The number of para-hydroxylation sites is 1. The number of hydrogen-bond donors (Lipinski definition) is 1. The second-order valence-corrected chi connectivity index (χ2v) is 2.86. The number of aromatic amines is 1. The number of H-pyrrole nitrogens is 1. The zero-order valence-corrected chi connectivity index (χ0v) is 8.07. The van der Waals surface area contributed by atoms with Gasteiger partial charge in [0.2, 0.25) is 5.95 Å². The SMILES string of the molecule is O=[N+]([O-])c1ccccc1N=Nc1ncc[nH]1. The fourth-order valence-electron chi connectivity index (χ4n) is 1.12. The van der Waals surface area contributed by atoms with Crippen LogP contribution in [0.25, 0.3) is 0 Å². The molecule has 16 heavy (non-hydrogen) atoms. The first-order valence-electron chi connectivity index (χ1n) is 4.42. The Morgan fingerprint density at radius 1 is 1.31 bits per heavy atom. The molecule has 0 atom stereocenters. The normalized spacial score (nSPS) is 10.8. The van der Waals surface area contributed by atoms with E-state index >= 15 is 0 Å². The molecule has 0 amide bonds. The lowest BCUT2D eigenvalue weighted by Crippen LogP contribution is -1.87. The van der Waals surface area contributed by atoms with E-state index in [0.717, 1.165) is 0 Å². The molecule has 0 spiro atoms. The molecule has 0 aliphatic rings. The van der Waals surface area contributed by atoms with Gasteiger partial charge in [-0.2, -0.15) is 0 Å². The van der Waals surface area contributed by atoms with Gasteiger partial charge in [0.15, 0.2) is 5.69 Å². The average molecular weight is 217 g/mol. The van der Waals surface area contributed by atoms with Crippen molar-refractivity contribution >= 4 is 17.3 Å². The van der Waals surface area contributed by atoms with Gasteiger partial charge in [0, 0.05) is 18.5 Å². The summed E-state index contributed by atoms with van der Waals surface area (Å²) >= 11 is 0. The van der Waals surface area contributed by atoms with Crippen molar-refractivity contribution in [3.63, 3.8) is 0 Å². The second kappa shape index (κ2) is 4.30. The number of azo groups is 1. The second-order valence-electron chi connectivity index (χ2n) is 2.86. The number of nitro benzene ring substituents is 1. The van der Waals surface area contributed by atoms with Crippen molar-refractivity contribution in [3.8, 4) is 0 Å². The Balaban J connectivity index is 2.31. The zero-order valence-electron chi connectivity index (χ0n) is 8.07. The Kier molecular flexibility index (Phi) is 2.68. The maximum atomic E-state index is 10.7. The van der Waals surface area contributed by atoms with Gasteiger partial charge >= 0.3 is 0 Å². The van der Waals surface area contributed by atoms with Gasteiger partial charge in [0.05, 0.1) is 4.92 Å². The molecule has 0 fully saturated rings. The Bertz CT molecular complexity index is 520. The van der Waals surface area contributed by atoms with Crippen LogP contribution in [0.3, 0.4) is 0 Å². The Labute approximate surface area is 90.0 Å². The molecule has 0 bridgehead atoms. The molecule has 1 N–H and O–H groups in total. The monoisotopic (exact) mass is 217 g/mol. The fraction of sp³-hybridized carbons (Fsp3) is 0. The lowest BCUT2D eigenvalue weighted by Gasteiger charge is -1.93. The number of benzene rings is 1. The van der Waals surface area contributed by atoms with E-state index in [1.807, 2.05) is 0 Å². The number of nitro groups is 1. The van der Waals surface area contributed by atoms with E-state index in [-0.39, 0.29) is 11.4 Å². The molecular weight excluding hydrogens is 210 g/mol. The van der Waals surface area contributed by atoms with Crippen LogP contribution < -0.4 is 0 Å². The van der Waals surface area contributed by atoms with E-state index in [4.69, 9.17) is 0 Å². The Hall–Kier alpha value is -2.57. The molecule has 0 radical (unpaired) electrons. The highest BCUT2D eigenvalue weighted by atomic mass is 16.6. The highest BCUT2D eigenvalue weighted by molar-refractivity contribution is 5.56. The van der Waals surface area contributed by atoms with Crippen molar-refractivity contribution in [3.05, 3.63) is 46.8 Å². The Morgan fingerprint density at radius 2 is 2.12 bits per heavy atom. The van der Waals surface area contributed by atoms with Gasteiger partial charge in [-0.3, -0.25) is 10.1 Å². The van der Waals surface area contributed by atoms with Crippen LogP contribution in [-0.4, -0.2) is 14.9 Å². The van der Waals surface area contributed by atoms with Gasteiger partial charge in [-0.05, 0) is 6.07 Å². The van der Waals surface area contributed by atoms with Crippen molar-refractivity contribution in [2.45, 2.75) is 0 Å². The number of nitrogens with zero attached hydrogens (tertiary/aromatic N) is 4. The molecule has 0 saturated carbocycles. The fourth-order valence-corrected chi connectivity index (χ4v) is 1.12. The third-order valence-corrected chi connectivity index (χ3v) is 1.81. The van der Waals surface area contributed by atoms with Gasteiger partial charge in [-0.1, -0.05) is 12.1 Å². The van der Waals surface area contributed by atoms with Crippen LogP contribution in [-0.2, 0) is 0 Å². The van der Waals surface area contributed by atoms with Crippen molar-refractivity contribution in [2.75, 3.05) is 0 Å². The number of aromatic nitrogens is 2.